The summed E-state index contributed by atoms with van der Waals surface area (Å²) in [5, 5.41) is 4.07. The SMILES string of the molecule is NC(=O)c1ccc(-c2ccc(CN3CCOCC3=O)cc2)n2n[c]nc12. The van der Waals surface area contributed by atoms with Crippen LogP contribution < -0.4 is 5.73 Å². The zero-order valence-corrected chi connectivity index (χ0v) is 13.9. The Balaban J connectivity index is 1.62. The number of amides is 2. The number of morpholine rings is 1. The molecule has 1 radical (unpaired) electrons. The number of fused-ring (bicyclic) bond motifs is 1. The van der Waals surface area contributed by atoms with Crippen LogP contribution in [0.4, 0.5) is 0 Å². The lowest BCUT2D eigenvalue weighted by Crippen LogP contribution is -2.40. The molecule has 0 spiro atoms. The molecule has 1 aliphatic heterocycles. The van der Waals surface area contributed by atoms with E-state index in [1.54, 1.807) is 21.5 Å². The van der Waals surface area contributed by atoms with E-state index in [9.17, 15) is 9.59 Å². The number of benzene rings is 1. The van der Waals surface area contributed by atoms with Gasteiger partial charge in [0.2, 0.25) is 12.2 Å². The van der Waals surface area contributed by atoms with Crippen molar-refractivity contribution in [3.05, 3.63) is 53.9 Å². The number of carbonyl (C=O) groups is 2. The van der Waals surface area contributed by atoms with Gasteiger partial charge in [0, 0.05) is 18.7 Å². The lowest BCUT2D eigenvalue weighted by Gasteiger charge is -2.26. The van der Waals surface area contributed by atoms with Gasteiger partial charge in [-0.3, -0.25) is 9.59 Å². The predicted molar refractivity (Wildman–Crippen MR) is 92.0 cm³/mol. The van der Waals surface area contributed by atoms with E-state index in [4.69, 9.17) is 10.5 Å². The first-order valence-corrected chi connectivity index (χ1v) is 8.14. The molecule has 3 heterocycles. The molecule has 1 saturated heterocycles. The van der Waals surface area contributed by atoms with Crippen LogP contribution in [0.15, 0.2) is 36.4 Å². The molecule has 0 atom stereocenters. The molecule has 8 heteroatoms. The van der Waals surface area contributed by atoms with Crippen LogP contribution in [0.5, 0.6) is 0 Å². The number of nitrogens with two attached hydrogens (primary N) is 1. The van der Waals surface area contributed by atoms with Crippen LogP contribution in [-0.2, 0) is 16.1 Å². The second kappa shape index (κ2) is 6.57. The quantitative estimate of drug-likeness (QED) is 0.744. The van der Waals surface area contributed by atoms with Crippen LogP contribution in [0.1, 0.15) is 15.9 Å². The maximum atomic E-state index is 11.8. The largest absolute Gasteiger partial charge is 0.370 e. The standard InChI is InChI=1S/C18H16N5O3/c19-17(25)14-5-6-15(23-18(14)20-11-21-23)13-3-1-12(2-4-13)9-22-7-8-26-10-16(22)24/h1-6H,7-10H2,(H2,19,25). The Morgan fingerprint density at radius 3 is 2.77 bits per heavy atom. The van der Waals surface area contributed by atoms with Crippen molar-refractivity contribution in [3.8, 4) is 11.3 Å². The summed E-state index contributed by atoms with van der Waals surface area (Å²) in [6.45, 7) is 1.86. The Morgan fingerprint density at radius 2 is 2.04 bits per heavy atom. The molecule has 1 fully saturated rings. The summed E-state index contributed by atoms with van der Waals surface area (Å²) >= 11 is 0. The highest BCUT2D eigenvalue weighted by Crippen LogP contribution is 2.22. The van der Waals surface area contributed by atoms with E-state index in [0.29, 0.717) is 30.9 Å². The molecule has 131 valence electrons. The van der Waals surface area contributed by atoms with Crippen molar-refractivity contribution in [1.82, 2.24) is 19.5 Å². The molecule has 1 aliphatic rings. The number of nitrogens with zero attached hydrogens (tertiary/aromatic N) is 4. The van der Waals surface area contributed by atoms with Crippen LogP contribution in [0.2, 0.25) is 0 Å². The van der Waals surface area contributed by atoms with Gasteiger partial charge in [0.1, 0.15) is 6.61 Å². The maximum Gasteiger partial charge on any atom is 0.252 e. The van der Waals surface area contributed by atoms with E-state index in [1.165, 1.54) is 0 Å². The van der Waals surface area contributed by atoms with E-state index in [1.807, 2.05) is 24.3 Å². The second-order valence-electron chi connectivity index (χ2n) is 6.01. The fraction of sp³-hybridized carbons (Fsp3) is 0.222. The van der Waals surface area contributed by atoms with Gasteiger partial charge in [-0.1, -0.05) is 24.3 Å². The number of carbonyl (C=O) groups excluding carboxylic acids is 2. The van der Waals surface area contributed by atoms with Gasteiger partial charge in [-0.2, -0.15) is 0 Å². The number of aromatic nitrogens is 3. The zero-order chi connectivity index (χ0) is 18.1. The van der Waals surface area contributed by atoms with E-state index in [2.05, 4.69) is 16.4 Å². The average molecular weight is 350 g/mol. The van der Waals surface area contributed by atoms with E-state index in [0.717, 1.165) is 16.8 Å². The first-order valence-electron chi connectivity index (χ1n) is 8.14. The predicted octanol–water partition coefficient (Wildman–Crippen LogP) is 0.654. The highest BCUT2D eigenvalue weighted by atomic mass is 16.5. The van der Waals surface area contributed by atoms with Gasteiger partial charge in [0.05, 0.1) is 17.9 Å². The third-order valence-corrected chi connectivity index (χ3v) is 4.35. The minimum atomic E-state index is -0.562. The highest BCUT2D eigenvalue weighted by molar-refractivity contribution is 5.99. The average Bonchev–Trinajstić information content (AvgIpc) is 3.13. The number of hydrogen-bond donors (Lipinski definition) is 1. The van der Waals surface area contributed by atoms with Crippen molar-refractivity contribution in [3.63, 3.8) is 0 Å². The van der Waals surface area contributed by atoms with Gasteiger partial charge in [-0.15, -0.1) is 5.10 Å². The molecular weight excluding hydrogens is 334 g/mol. The monoisotopic (exact) mass is 350 g/mol. The lowest BCUT2D eigenvalue weighted by atomic mass is 10.1. The Morgan fingerprint density at radius 1 is 1.23 bits per heavy atom. The van der Waals surface area contributed by atoms with Crippen LogP contribution in [0, 0.1) is 6.33 Å². The summed E-state index contributed by atoms with van der Waals surface area (Å²) in [5.41, 5.74) is 8.74. The molecule has 0 unspecified atom stereocenters. The normalized spacial score (nSPS) is 14.8. The van der Waals surface area contributed by atoms with Crippen molar-refractivity contribution < 1.29 is 14.3 Å². The molecule has 0 bridgehead atoms. The second-order valence-corrected chi connectivity index (χ2v) is 6.01. The molecular formula is C18H16N5O3. The Kier molecular flexibility index (Phi) is 4.10. The number of pyridine rings is 1. The Hall–Kier alpha value is -3.26. The zero-order valence-electron chi connectivity index (χ0n) is 13.9. The molecule has 0 aliphatic carbocycles. The van der Waals surface area contributed by atoms with E-state index >= 15 is 0 Å². The lowest BCUT2D eigenvalue weighted by molar-refractivity contribution is -0.143. The minimum absolute atomic E-state index is 0.00206. The van der Waals surface area contributed by atoms with Gasteiger partial charge >= 0.3 is 0 Å². The molecule has 3 aromatic rings. The molecule has 8 nitrogen and oxygen atoms in total. The van der Waals surface area contributed by atoms with Crippen molar-refractivity contribution in [2.24, 2.45) is 5.73 Å². The summed E-state index contributed by atoms with van der Waals surface area (Å²) in [4.78, 5) is 29.1. The van der Waals surface area contributed by atoms with Crippen molar-refractivity contribution in [1.29, 1.82) is 0 Å². The first-order chi connectivity index (χ1) is 12.6. The fourth-order valence-corrected chi connectivity index (χ4v) is 2.99. The number of hydrogen-bond acceptors (Lipinski definition) is 5. The van der Waals surface area contributed by atoms with Gasteiger partial charge < -0.3 is 15.4 Å². The third kappa shape index (κ3) is 2.91. The number of primary amides is 1. The van der Waals surface area contributed by atoms with Gasteiger partial charge in [-0.25, -0.2) is 9.50 Å². The molecule has 1 aromatic carbocycles. The van der Waals surface area contributed by atoms with Crippen LogP contribution in [0.25, 0.3) is 16.9 Å². The third-order valence-electron chi connectivity index (χ3n) is 4.35. The summed E-state index contributed by atoms with van der Waals surface area (Å²) in [7, 11) is 0. The topological polar surface area (TPSA) is 103 Å². The Labute approximate surface area is 149 Å². The summed E-state index contributed by atoms with van der Waals surface area (Å²) in [5.74, 6) is -0.560. The highest BCUT2D eigenvalue weighted by Gasteiger charge is 2.18. The minimum Gasteiger partial charge on any atom is -0.370 e. The molecule has 2 amide bonds. The summed E-state index contributed by atoms with van der Waals surface area (Å²) in [6, 6.07) is 11.2. The molecule has 2 aromatic heterocycles. The van der Waals surface area contributed by atoms with Crippen molar-refractivity contribution in [2.75, 3.05) is 19.8 Å². The number of ether oxygens (including phenoxy) is 1. The van der Waals surface area contributed by atoms with Crippen LogP contribution >= 0.6 is 0 Å². The first kappa shape index (κ1) is 16.2. The summed E-state index contributed by atoms with van der Waals surface area (Å²) in [6.07, 6.45) is 2.51. The molecule has 4 rings (SSSR count). The molecule has 2 N–H and O–H groups in total. The summed E-state index contributed by atoms with van der Waals surface area (Å²) < 4.78 is 6.69. The molecule has 26 heavy (non-hydrogen) atoms. The van der Waals surface area contributed by atoms with Gasteiger partial charge in [0.25, 0.3) is 5.91 Å². The smallest absolute Gasteiger partial charge is 0.252 e. The Bertz CT molecular complexity index is 980. The van der Waals surface area contributed by atoms with Gasteiger partial charge in [-0.05, 0) is 17.7 Å². The van der Waals surface area contributed by atoms with Crippen molar-refractivity contribution >= 4 is 17.5 Å². The van der Waals surface area contributed by atoms with E-state index in [-0.39, 0.29) is 12.5 Å². The van der Waals surface area contributed by atoms with Crippen LogP contribution in [0.3, 0.4) is 0 Å². The number of rotatable bonds is 4. The molecule has 0 saturated carbocycles. The maximum absolute atomic E-state index is 11.8. The van der Waals surface area contributed by atoms with Crippen molar-refractivity contribution in [2.45, 2.75) is 6.54 Å². The van der Waals surface area contributed by atoms with Gasteiger partial charge in [0.15, 0.2) is 5.65 Å². The van der Waals surface area contributed by atoms with E-state index < -0.39 is 5.91 Å². The fourth-order valence-electron chi connectivity index (χ4n) is 2.99. The van der Waals surface area contributed by atoms with Crippen LogP contribution in [-0.4, -0.2) is 51.1 Å².